The van der Waals surface area contributed by atoms with E-state index in [1.165, 1.54) is 0 Å². The van der Waals surface area contributed by atoms with Gasteiger partial charge in [0.2, 0.25) is 0 Å². The van der Waals surface area contributed by atoms with Crippen molar-refractivity contribution in [3.63, 3.8) is 0 Å². The van der Waals surface area contributed by atoms with Gasteiger partial charge in [0, 0.05) is 0 Å². The molecule has 0 aliphatic carbocycles. The number of carboxylic acid groups (broad SMARTS) is 1. The maximum atomic E-state index is 11.3. The molecule has 2 aliphatic heterocycles. The van der Waals surface area contributed by atoms with Gasteiger partial charge in [-0.15, -0.1) is 0 Å². The van der Waals surface area contributed by atoms with Crippen LogP contribution in [0.15, 0.2) is 0 Å². The van der Waals surface area contributed by atoms with E-state index in [1.54, 1.807) is 0 Å². The third kappa shape index (κ3) is 2.74. The molecule has 2 aliphatic rings. The largest absolute Gasteiger partial charge is 0.481 e. The smallest absolute Gasteiger partial charge is 0.306 e. The number of carboxylic acids is 1. The highest BCUT2D eigenvalue weighted by atomic mass is 16.6. The van der Waals surface area contributed by atoms with E-state index in [0.29, 0.717) is 0 Å². The highest BCUT2D eigenvalue weighted by molar-refractivity contribution is 5.76. The minimum atomic E-state index is -1.05. The van der Waals surface area contributed by atoms with Gasteiger partial charge in [-0.2, -0.15) is 0 Å². The first-order valence-corrected chi connectivity index (χ1v) is 5.40. The number of carbonyl (C=O) groups excluding carboxylic acids is 1. The number of fused-ring (bicyclic) bond motifs is 1. The Hall–Kier alpha value is -1.18. The van der Waals surface area contributed by atoms with Gasteiger partial charge in [0.05, 0.1) is 26.1 Å². The van der Waals surface area contributed by atoms with Gasteiger partial charge in [-0.05, 0) is 0 Å². The Morgan fingerprint density at radius 3 is 2.59 bits per heavy atom. The highest BCUT2D eigenvalue weighted by Gasteiger charge is 2.48. The summed E-state index contributed by atoms with van der Waals surface area (Å²) in [5.74, 6) is -1.64. The predicted octanol–water partition coefficient (Wildman–Crippen LogP) is -1.08. The molecular weight excluding hydrogens is 232 g/mol. The molecule has 0 radical (unpaired) electrons. The van der Waals surface area contributed by atoms with Crippen molar-refractivity contribution in [3.8, 4) is 0 Å². The first-order valence-electron chi connectivity index (χ1n) is 5.40. The number of rotatable bonds is 4. The Balaban J connectivity index is 1.80. The minimum Gasteiger partial charge on any atom is -0.481 e. The number of aliphatic hydroxyl groups excluding tert-OH is 1. The SMILES string of the molecule is O=C(O)CCC(=O)O[C@@H]1CO[C@H]2[C@@H]1OC[C@H]2O. The molecule has 7 heteroatoms. The van der Waals surface area contributed by atoms with E-state index in [4.69, 9.17) is 19.3 Å². The molecule has 0 bridgehead atoms. The number of esters is 1. The second-order valence-electron chi connectivity index (χ2n) is 4.09. The Morgan fingerprint density at radius 1 is 1.18 bits per heavy atom. The second kappa shape index (κ2) is 4.99. The molecule has 2 fully saturated rings. The van der Waals surface area contributed by atoms with E-state index in [1.807, 2.05) is 0 Å². The fourth-order valence-electron chi connectivity index (χ4n) is 1.98. The standard InChI is InChI=1S/C10H14O7/c11-5-3-15-10-6(4-16-9(5)10)17-8(14)2-1-7(12)13/h5-6,9-11H,1-4H2,(H,12,13)/t5-,6-,9-,10-/m1/s1. The van der Waals surface area contributed by atoms with Gasteiger partial charge in [-0.25, -0.2) is 0 Å². The first-order chi connectivity index (χ1) is 8.08. The third-order valence-electron chi connectivity index (χ3n) is 2.81. The summed E-state index contributed by atoms with van der Waals surface area (Å²) in [4.78, 5) is 21.6. The fourth-order valence-corrected chi connectivity index (χ4v) is 1.98. The Morgan fingerprint density at radius 2 is 1.88 bits per heavy atom. The summed E-state index contributed by atoms with van der Waals surface area (Å²) in [7, 11) is 0. The molecule has 0 saturated carbocycles. The topological polar surface area (TPSA) is 102 Å². The van der Waals surface area contributed by atoms with Crippen LogP contribution in [0, 0.1) is 0 Å². The molecule has 2 rings (SSSR count). The molecule has 0 aromatic heterocycles. The number of hydrogen-bond acceptors (Lipinski definition) is 6. The summed E-state index contributed by atoms with van der Waals surface area (Å²) < 4.78 is 15.6. The van der Waals surface area contributed by atoms with Crippen LogP contribution in [0.25, 0.3) is 0 Å². The van der Waals surface area contributed by atoms with Crippen LogP contribution in [-0.4, -0.2) is 59.8 Å². The molecule has 0 aromatic rings. The van der Waals surface area contributed by atoms with E-state index in [-0.39, 0.29) is 26.1 Å². The zero-order chi connectivity index (χ0) is 12.4. The first kappa shape index (κ1) is 12.3. The van der Waals surface area contributed by atoms with Crippen molar-refractivity contribution in [2.24, 2.45) is 0 Å². The van der Waals surface area contributed by atoms with Gasteiger partial charge in [0.15, 0.2) is 6.10 Å². The average molecular weight is 246 g/mol. The van der Waals surface area contributed by atoms with Gasteiger partial charge in [-0.1, -0.05) is 0 Å². The minimum absolute atomic E-state index is 0.165. The number of carbonyl (C=O) groups is 2. The van der Waals surface area contributed by atoms with Crippen molar-refractivity contribution in [2.45, 2.75) is 37.3 Å². The van der Waals surface area contributed by atoms with E-state index >= 15 is 0 Å². The van der Waals surface area contributed by atoms with Gasteiger partial charge in [0.1, 0.15) is 18.3 Å². The summed E-state index contributed by atoms with van der Waals surface area (Å²) in [6.45, 7) is 0.337. The normalized spacial score (nSPS) is 35.6. The summed E-state index contributed by atoms with van der Waals surface area (Å²) in [6.07, 6.45) is -2.58. The maximum Gasteiger partial charge on any atom is 0.306 e. The molecule has 96 valence electrons. The maximum absolute atomic E-state index is 11.3. The highest BCUT2D eigenvalue weighted by Crippen LogP contribution is 2.28. The van der Waals surface area contributed by atoms with Crippen molar-refractivity contribution in [2.75, 3.05) is 13.2 Å². The Bertz CT molecular complexity index is 316. The molecule has 2 saturated heterocycles. The lowest BCUT2D eigenvalue weighted by atomic mass is 10.1. The van der Waals surface area contributed by atoms with E-state index < -0.39 is 36.4 Å². The Labute approximate surface area is 97.3 Å². The lowest BCUT2D eigenvalue weighted by Crippen LogP contribution is -2.34. The molecule has 2 N–H and O–H groups in total. The molecule has 0 aromatic carbocycles. The second-order valence-corrected chi connectivity index (χ2v) is 4.09. The van der Waals surface area contributed by atoms with Crippen LogP contribution in [0.2, 0.25) is 0 Å². The predicted molar refractivity (Wildman–Crippen MR) is 52.2 cm³/mol. The summed E-state index contributed by atoms with van der Waals surface area (Å²) >= 11 is 0. The molecule has 17 heavy (non-hydrogen) atoms. The van der Waals surface area contributed by atoms with Crippen LogP contribution in [-0.2, 0) is 23.8 Å². The van der Waals surface area contributed by atoms with Crippen LogP contribution >= 0.6 is 0 Å². The number of aliphatic hydroxyl groups is 1. The summed E-state index contributed by atoms with van der Waals surface area (Å²) in [5, 5.41) is 17.9. The van der Waals surface area contributed by atoms with Crippen molar-refractivity contribution in [3.05, 3.63) is 0 Å². The number of aliphatic carboxylic acids is 1. The zero-order valence-electron chi connectivity index (χ0n) is 9.07. The van der Waals surface area contributed by atoms with E-state index in [2.05, 4.69) is 0 Å². The van der Waals surface area contributed by atoms with Crippen LogP contribution in [0.1, 0.15) is 12.8 Å². The van der Waals surface area contributed by atoms with E-state index in [0.717, 1.165) is 0 Å². The number of hydrogen-bond donors (Lipinski definition) is 2. The lowest BCUT2D eigenvalue weighted by molar-refractivity contribution is -0.156. The molecule has 4 atom stereocenters. The van der Waals surface area contributed by atoms with Crippen LogP contribution < -0.4 is 0 Å². The van der Waals surface area contributed by atoms with Gasteiger partial charge in [0.25, 0.3) is 0 Å². The Kier molecular flexibility index (Phi) is 3.60. The third-order valence-corrected chi connectivity index (χ3v) is 2.81. The molecule has 2 heterocycles. The van der Waals surface area contributed by atoms with Crippen LogP contribution in [0.5, 0.6) is 0 Å². The monoisotopic (exact) mass is 246 g/mol. The van der Waals surface area contributed by atoms with Crippen molar-refractivity contribution >= 4 is 11.9 Å². The fraction of sp³-hybridized carbons (Fsp3) is 0.800. The zero-order valence-corrected chi connectivity index (χ0v) is 9.07. The summed E-state index contributed by atoms with van der Waals surface area (Å²) in [6, 6.07) is 0. The van der Waals surface area contributed by atoms with Crippen LogP contribution in [0.3, 0.4) is 0 Å². The molecule has 7 nitrogen and oxygen atoms in total. The van der Waals surface area contributed by atoms with Gasteiger partial charge >= 0.3 is 11.9 Å². The average Bonchev–Trinajstić information content (AvgIpc) is 2.81. The molecular formula is C10H14O7. The van der Waals surface area contributed by atoms with Crippen molar-refractivity contribution < 1.29 is 34.0 Å². The summed E-state index contributed by atoms with van der Waals surface area (Å²) in [5.41, 5.74) is 0. The lowest BCUT2D eigenvalue weighted by Gasteiger charge is -2.16. The quantitative estimate of drug-likeness (QED) is 0.608. The number of ether oxygens (including phenoxy) is 3. The van der Waals surface area contributed by atoms with Gasteiger partial charge in [-0.3, -0.25) is 9.59 Å². The molecule has 0 unspecified atom stereocenters. The molecule has 0 spiro atoms. The van der Waals surface area contributed by atoms with E-state index in [9.17, 15) is 14.7 Å². The van der Waals surface area contributed by atoms with Crippen molar-refractivity contribution in [1.82, 2.24) is 0 Å². The van der Waals surface area contributed by atoms with Crippen molar-refractivity contribution in [1.29, 1.82) is 0 Å². The van der Waals surface area contributed by atoms with Gasteiger partial charge < -0.3 is 24.4 Å². The molecule has 0 amide bonds. The van der Waals surface area contributed by atoms with Crippen LogP contribution in [0.4, 0.5) is 0 Å².